The lowest BCUT2D eigenvalue weighted by Gasteiger charge is -2.13. The van der Waals surface area contributed by atoms with Crippen molar-refractivity contribution in [1.82, 2.24) is 15.3 Å². The second kappa shape index (κ2) is 7.15. The van der Waals surface area contributed by atoms with Gasteiger partial charge in [0, 0.05) is 24.2 Å². The van der Waals surface area contributed by atoms with Gasteiger partial charge in [0.05, 0.1) is 5.69 Å². The molecule has 3 heteroatoms. The van der Waals surface area contributed by atoms with Crippen molar-refractivity contribution in [3.8, 4) is 11.3 Å². The molecule has 0 spiro atoms. The van der Waals surface area contributed by atoms with Crippen LogP contribution in [0.25, 0.3) is 11.3 Å². The summed E-state index contributed by atoms with van der Waals surface area (Å²) >= 11 is 0. The van der Waals surface area contributed by atoms with Crippen molar-refractivity contribution in [2.24, 2.45) is 0 Å². The van der Waals surface area contributed by atoms with E-state index in [1.807, 2.05) is 19.3 Å². The number of rotatable bonds is 6. The molecular formula is C17H23N3. The molecule has 1 aromatic heterocycles. The van der Waals surface area contributed by atoms with Crippen molar-refractivity contribution in [3.63, 3.8) is 0 Å². The van der Waals surface area contributed by atoms with Crippen molar-refractivity contribution in [1.29, 1.82) is 0 Å². The molecule has 1 atom stereocenters. The molecule has 0 saturated carbocycles. The van der Waals surface area contributed by atoms with E-state index in [0.29, 0.717) is 5.92 Å². The fourth-order valence-corrected chi connectivity index (χ4v) is 2.31. The number of hydrogen-bond donors (Lipinski definition) is 1. The van der Waals surface area contributed by atoms with E-state index in [2.05, 4.69) is 48.4 Å². The van der Waals surface area contributed by atoms with Crippen LogP contribution < -0.4 is 5.32 Å². The molecule has 2 aromatic rings. The molecule has 106 valence electrons. The Morgan fingerprint density at radius 3 is 2.45 bits per heavy atom. The SMILES string of the molecule is CCc1ccc(-c2ccnc(C(CC)CNC)n2)cc1. The maximum Gasteiger partial charge on any atom is 0.133 e. The summed E-state index contributed by atoms with van der Waals surface area (Å²) in [6.45, 7) is 5.25. The van der Waals surface area contributed by atoms with Crippen LogP contribution in [0.2, 0.25) is 0 Å². The minimum atomic E-state index is 0.370. The summed E-state index contributed by atoms with van der Waals surface area (Å²) < 4.78 is 0. The van der Waals surface area contributed by atoms with E-state index < -0.39 is 0 Å². The van der Waals surface area contributed by atoms with Crippen molar-refractivity contribution >= 4 is 0 Å². The molecule has 20 heavy (non-hydrogen) atoms. The highest BCUT2D eigenvalue weighted by Gasteiger charge is 2.12. The molecule has 2 rings (SSSR count). The van der Waals surface area contributed by atoms with E-state index in [0.717, 1.165) is 36.5 Å². The molecule has 0 aliphatic rings. The van der Waals surface area contributed by atoms with Gasteiger partial charge < -0.3 is 5.32 Å². The third-order valence-corrected chi connectivity index (χ3v) is 3.64. The summed E-state index contributed by atoms with van der Waals surface area (Å²) in [5, 5.41) is 3.21. The molecule has 0 amide bonds. The first kappa shape index (κ1) is 14.7. The third kappa shape index (κ3) is 3.42. The molecule has 1 unspecified atom stereocenters. The van der Waals surface area contributed by atoms with Crippen LogP contribution in [0.1, 0.15) is 37.6 Å². The summed E-state index contributed by atoms with van der Waals surface area (Å²) in [5.41, 5.74) is 3.52. The van der Waals surface area contributed by atoms with Gasteiger partial charge in [0.2, 0.25) is 0 Å². The largest absolute Gasteiger partial charge is 0.319 e. The normalized spacial score (nSPS) is 12.3. The van der Waals surface area contributed by atoms with E-state index in [9.17, 15) is 0 Å². The second-order valence-corrected chi connectivity index (χ2v) is 5.01. The quantitative estimate of drug-likeness (QED) is 0.873. The van der Waals surface area contributed by atoms with Crippen LogP contribution in [0.4, 0.5) is 0 Å². The Hall–Kier alpha value is -1.74. The molecule has 1 heterocycles. The van der Waals surface area contributed by atoms with E-state index in [-0.39, 0.29) is 0 Å². The fourth-order valence-electron chi connectivity index (χ4n) is 2.31. The first-order valence-electron chi connectivity index (χ1n) is 7.35. The lowest BCUT2D eigenvalue weighted by Crippen LogP contribution is -2.18. The van der Waals surface area contributed by atoms with Crippen LogP contribution in [0.5, 0.6) is 0 Å². The molecule has 1 N–H and O–H groups in total. The molecule has 0 saturated heterocycles. The Balaban J connectivity index is 2.28. The second-order valence-electron chi connectivity index (χ2n) is 5.01. The highest BCUT2D eigenvalue weighted by molar-refractivity contribution is 5.59. The van der Waals surface area contributed by atoms with Gasteiger partial charge in [-0.1, -0.05) is 38.1 Å². The van der Waals surface area contributed by atoms with E-state index in [1.54, 1.807) is 0 Å². The van der Waals surface area contributed by atoms with Gasteiger partial charge in [-0.05, 0) is 31.5 Å². The van der Waals surface area contributed by atoms with Gasteiger partial charge in [0.1, 0.15) is 5.82 Å². The van der Waals surface area contributed by atoms with Crippen LogP contribution in [-0.2, 0) is 6.42 Å². The monoisotopic (exact) mass is 269 g/mol. The van der Waals surface area contributed by atoms with Gasteiger partial charge in [0.15, 0.2) is 0 Å². The highest BCUT2D eigenvalue weighted by Crippen LogP contribution is 2.21. The summed E-state index contributed by atoms with van der Waals surface area (Å²) in [4.78, 5) is 9.17. The van der Waals surface area contributed by atoms with Gasteiger partial charge in [-0.3, -0.25) is 0 Å². The Kier molecular flexibility index (Phi) is 5.24. The predicted octanol–water partition coefficient (Wildman–Crippen LogP) is 3.42. The number of nitrogens with zero attached hydrogens (tertiary/aromatic N) is 2. The number of aromatic nitrogens is 2. The smallest absolute Gasteiger partial charge is 0.133 e. The van der Waals surface area contributed by atoms with Gasteiger partial charge in [-0.25, -0.2) is 9.97 Å². The molecule has 0 aliphatic heterocycles. The van der Waals surface area contributed by atoms with E-state index >= 15 is 0 Å². The van der Waals surface area contributed by atoms with Crippen molar-refractivity contribution in [2.75, 3.05) is 13.6 Å². The van der Waals surface area contributed by atoms with Crippen LogP contribution >= 0.6 is 0 Å². The number of nitrogens with one attached hydrogen (secondary N) is 1. The average molecular weight is 269 g/mol. The van der Waals surface area contributed by atoms with E-state index in [1.165, 1.54) is 5.56 Å². The Bertz CT molecular complexity index is 534. The molecule has 0 fully saturated rings. The Morgan fingerprint density at radius 2 is 1.85 bits per heavy atom. The van der Waals surface area contributed by atoms with Crippen molar-refractivity contribution in [2.45, 2.75) is 32.6 Å². The van der Waals surface area contributed by atoms with E-state index in [4.69, 9.17) is 4.98 Å². The standard InChI is InChI=1S/C17H23N3/c1-4-13-6-8-15(9-7-13)16-10-11-19-17(20-16)14(5-2)12-18-3/h6-11,14,18H,4-5,12H2,1-3H3. The topological polar surface area (TPSA) is 37.8 Å². The van der Waals surface area contributed by atoms with Crippen LogP contribution in [0.15, 0.2) is 36.5 Å². The Labute approximate surface area is 121 Å². The molecule has 0 bridgehead atoms. The summed E-state index contributed by atoms with van der Waals surface area (Å²) in [6, 6.07) is 10.6. The summed E-state index contributed by atoms with van der Waals surface area (Å²) in [5.74, 6) is 1.30. The summed E-state index contributed by atoms with van der Waals surface area (Å²) in [7, 11) is 1.97. The molecule has 3 nitrogen and oxygen atoms in total. The zero-order valence-electron chi connectivity index (χ0n) is 12.6. The number of likely N-dealkylation sites (N-methyl/N-ethyl adjacent to an activating group) is 1. The lowest BCUT2D eigenvalue weighted by molar-refractivity contribution is 0.580. The zero-order chi connectivity index (χ0) is 14.4. The first-order chi connectivity index (χ1) is 9.78. The number of hydrogen-bond acceptors (Lipinski definition) is 3. The summed E-state index contributed by atoms with van der Waals surface area (Å²) in [6.07, 6.45) is 3.97. The van der Waals surface area contributed by atoms with Gasteiger partial charge in [-0.2, -0.15) is 0 Å². The molecule has 0 radical (unpaired) electrons. The van der Waals surface area contributed by atoms with Gasteiger partial charge >= 0.3 is 0 Å². The Morgan fingerprint density at radius 1 is 1.10 bits per heavy atom. The lowest BCUT2D eigenvalue weighted by atomic mass is 10.0. The maximum atomic E-state index is 4.74. The maximum absolute atomic E-state index is 4.74. The predicted molar refractivity (Wildman–Crippen MR) is 83.8 cm³/mol. The molecule has 0 aliphatic carbocycles. The minimum Gasteiger partial charge on any atom is -0.319 e. The van der Waals surface area contributed by atoms with Gasteiger partial charge in [0.25, 0.3) is 0 Å². The number of aryl methyl sites for hydroxylation is 1. The van der Waals surface area contributed by atoms with Crippen molar-refractivity contribution < 1.29 is 0 Å². The van der Waals surface area contributed by atoms with Gasteiger partial charge in [-0.15, -0.1) is 0 Å². The highest BCUT2D eigenvalue weighted by atomic mass is 14.9. The fraction of sp³-hybridized carbons (Fsp3) is 0.412. The molecular weight excluding hydrogens is 246 g/mol. The molecule has 1 aromatic carbocycles. The van der Waals surface area contributed by atoms with Crippen LogP contribution in [-0.4, -0.2) is 23.6 Å². The first-order valence-corrected chi connectivity index (χ1v) is 7.35. The zero-order valence-corrected chi connectivity index (χ0v) is 12.6. The minimum absolute atomic E-state index is 0.370. The number of benzene rings is 1. The average Bonchev–Trinajstić information content (AvgIpc) is 2.53. The van der Waals surface area contributed by atoms with Crippen molar-refractivity contribution in [3.05, 3.63) is 47.9 Å². The van der Waals surface area contributed by atoms with Crippen LogP contribution in [0, 0.1) is 0 Å². The third-order valence-electron chi connectivity index (χ3n) is 3.64. The van der Waals surface area contributed by atoms with Crippen LogP contribution in [0.3, 0.4) is 0 Å².